The molecule has 1 atom stereocenters. The minimum absolute atomic E-state index is 0.184. The lowest BCUT2D eigenvalue weighted by Crippen LogP contribution is -2.30. The summed E-state index contributed by atoms with van der Waals surface area (Å²) in [6.07, 6.45) is -3.88. The largest absolute Gasteiger partial charge is 0.478 e. The molecular weight excluding hydrogens is 375 g/mol. The number of aryl methyl sites for hydroxylation is 1. The number of aromatic carboxylic acids is 1. The third-order valence-corrected chi connectivity index (χ3v) is 4.51. The number of benzene rings is 1. The van der Waals surface area contributed by atoms with Gasteiger partial charge in [0.15, 0.2) is 0 Å². The molecule has 0 spiro atoms. The lowest BCUT2D eigenvalue weighted by Gasteiger charge is -2.14. The summed E-state index contributed by atoms with van der Waals surface area (Å²) < 4.78 is 38.8. The van der Waals surface area contributed by atoms with Crippen LogP contribution in [0.15, 0.2) is 24.3 Å². The van der Waals surface area contributed by atoms with Crippen molar-refractivity contribution in [1.82, 2.24) is 15.1 Å². The van der Waals surface area contributed by atoms with Gasteiger partial charge in [0.05, 0.1) is 17.2 Å². The molecule has 152 valence electrons. The van der Waals surface area contributed by atoms with Crippen molar-refractivity contribution >= 4 is 11.9 Å². The molecule has 0 fully saturated rings. The number of hydrogen-bond acceptors (Lipinski definition) is 3. The monoisotopic (exact) mass is 397 g/mol. The highest BCUT2D eigenvalue weighted by Gasteiger charge is 2.31. The number of carboxylic acids is 1. The number of carboxylic acid groups (broad SMARTS) is 1. The first-order valence-electron chi connectivity index (χ1n) is 8.70. The molecule has 6 nitrogen and oxygen atoms in total. The Hall–Kier alpha value is -2.84. The minimum atomic E-state index is -4.39. The maximum absolute atomic E-state index is 12.6. The zero-order chi connectivity index (χ0) is 21.1. The van der Waals surface area contributed by atoms with Crippen LogP contribution >= 0.6 is 0 Å². The Kier molecular flexibility index (Phi) is 6.48. The molecule has 1 amide bonds. The number of nitrogens with zero attached hydrogens (tertiary/aromatic N) is 2. The van der Waals surface area contributed by atoms with Gasteiger partial charge in [-0.2, -0.15) is 18.3 Å². The van der Waals surface area contributed by atoms with E-state index in [1.165, 1.54) is 19.1 Å². The number of rotatable bonds is 7. The van der Waals surface area contributed by atoms with Gasteiger partial charge < -0.3 is 10.4 Å². The van der Waals surface area contributed by atoms with E-state index in [0.29, 0.717) is 29.9 Å². The highest BCUT2D eigenvalue weighted by Crippen LogP contribution is 2.26. The van der Waals surface area contributed by atoms with Gasteiger partial charge in [-0.25, -0.2) is 4.79 Å². The first-order chi connectivity index (χ1) is 13.0. The Balaban J connectivity index is 1.98. The quantitative estimate of drug-likeness (QED) is 0.751. The number of hydrogen-bond donors (Lipinski definition) is 2. The maximum atomic E-state index is 12.6. The molecule has 1 heterocycles. The van der Waals surface area contributed by atoms with Crippen molar-refractivity contribution in [2.24, 2.45) is 0 Å². The Labute approximate surface area is 160 Å². The van der Waals surface area contributed by atoms with Gasteiger partial charge in [-0.15, -0.1) is 0 Å². The normalized spacial score (nSPS) is 12.6. The molecule has 2 N–H and O–H groups in total. The van der Waals surface area contributed by atoms with E-state index in [0.717, 1.165) is 10.2 Å². The highest BCUT2D eigenvalue weighted by atomic mass is 19.4. The average Bonchev–Trinajstić information content (AvgIpc) is 2.86. The smallest absolute Gasteiger partial charge is 0.408 e. The van der Waals surface area contributed by atoms with E-state index in [9.17, 15) is 22.8 Å². The number of carbonyl (C=O) groups excluding carboxylic acids is 1. The molecule has 2 rings (SSSR count). The second-order valence-electron chi connectivity index (χ2n) is 6.62. The van der Waals surface area contributed by atoms with Crippen molar-refractivity contribution in [2.75, 3.05) is 6.54 Å². The fourth-order valence-corrected chi connectivity index (χ4v) is 3.09. The van der Waals surface area contributed by atoms with Gasteiger partial charge in [0, 0.05) is 17.8 Å². The fraction of sp³-hybridized carbons (Fsp3) is 0.421. The van der Waals surface area contributed by atoms with Crippen LogP contribution < -0.4 is 5.32 Å². The summed E-state index contributed by atoms with van der Waals surface area (Å²) in [5.41, 5.74) is 2.26. The van der Waals surface area contributed by atoms with Crippen LogP contribution in [0.2, 0.25) is 0 Å². The van der Waals surface area contributed by atoms with Crippen LogP contribution in [0.5, 0.6) is 0 Å². The zero-order valence-electron chi connectivity index (χ0n) is 15.8. The van der Waals surface area contributed by atoms with Gasteiger partial charge in [0.2, 0.25) is 5.91 Å². The number of nitrogens with one attached hydrogen (secondary N) is 1. The van der Waals surface area contributed by atoms with E-state index in [4.69, 9.17) is 5.11 Å². The lowest BCUT2D eigenvalue weighted by atomic mass is 9.98. The van der Waals surface area contributed by atoms with Crippen molar-refractivity contribution in [2.45, 2.75) is 45.8 Å². The van der Waals surface area contributed by atoms with E-state index in [1.54, 1.807) is 26.0 Å². The lowest BCUT2D eigenvalue weighted by molar-refractivity contribution is -0.143. The summed E-state index contributed by atoms with van der Waals surface area (Å²) in [4.78, 5) is 23.3. The molecule has 2 aromatic rings. The summed E-state index contributed by atoms with van der Waals surface area (Å²) >= 11 is 0. The highest BCUT2D eigenvalue weighted by molar-refractivity contribution is 5.87. The topological polar surface area (TPSA) is 84.2 Å². The van der Waals surface area contributed by atoms with Crippen LogP contribution in [0.4, 0.5) is 13.2 Å². The molecule has 0 radical (unpaired) electrons. The molecule has 1 aromatic carbocycles. The third-order valence-electron chi connectivity index (χ3n) is 4.51. The van der Waals surface area contributed by atoms with Crippen LogP contribution in [0, 0.1) is 13.8 Å². The Morgan fingerprint density at radius 1 is 1.21 bits per heavy atom. The average molecular weight is 397 g/mol. The summed E-state index contributed by atoms with van der Waals surface area (Å²) in [5, 5.41) is 15.6. The molecule has 0 aliphatic heterocycles. The summed E-state index contributed by atoms with van der Waals surface area (Å²) in [6.45, 7) is 3.87. The predicted octanol–water partition coefficient (Wildman–Crippen LogP) is 3.22. The standard InChI is InChI=1S/C19H22F3N3O3/c1-11(16-12(2)24-25(13(16)3)10-19(20,21)22)17(26)23-9-8-14-4-6-15(7-5-14)18(27)28/h4-7,11H,8-10H2,1-3H3,(H,23,26)(H,27,28). The van der Waals surface area contributed by atoms with Gasteiger partial charge in [0.25, 0.3) is 0 Å². The first-order valence-corrected chi connectivity index (χ1v) is 8.70. The second kappa shape index (κ2) is 8.45. The number of aromatic nitrogens is 2. The number of alkyl halides is 3. The van der Waals surface area contributed by atoms with Crippen molar-refractivity contribution in [3.63, 3.8) is 0 Å². The van der Waals surface area contributed by atoms with Crippen LogP contribution in [0.1, 0.15) is 45.7 Å². The first kappa shape index (κ1) is 21.5. The number of carbonyl (C=O) groups is 2. The van der Waals surface area contributed by atoms with E-state index >= 15 is 0 Å². The molecule has 1 unspecified atom stereocenters. The van der Waals surface area contributed by atoms with Gasteiger partial charge in [0.1, 0.15) is 6.54 Å². The molecule has 1 aromatic heterocycles. The van der Waals surface area contributed by atoms with Crippen molar-refractivity contribution in [1.29, 1.82) is 0 Å². The van der Waals surface area contributed by atoms with Gasteiger partial charge in [-0.1, -0.05) is 12.1 Å². The summed E-state index contributed by atoms with van der Waals surface area (Å²) in [7, 11) is 0. The third kappa shape index (κ3) is 5.34. The Morgan fingerprint density at radius 2 is 1.82 bits per heavy atom. The van der Waals surface area contributed by atoms with Gasteiger partial charge in [-0.3, -0.25) is 9.48 Å². The van der Waals surface area contributed by atoms with Crippen LogP contribution in [-0.2, 0) is 17.8 Å². The molecule has 0 aliphatic carbocycles. The van der Waals surface area contributed by atoms with Crippen LogP contribution in [0.3, 0.4) is 0 Å². The second-order valence-corrected chi connectivity index (χ2v) is 6.62. The maximum Gasteiger partial charge on any atom is 0.408 e. The molecule has 9 heteroatoms. The molecule has 0 bridgehead atoms. The van der Waals surface area contributed by atoms with Crippen LogP contribution in [-0.4, -0.2) is 39.5 Å². The number of halogens is 3. The van der Waals surface area contributed by atoms with Gasteiger partial charge in [-0.05, 0) is 44.9 Å². The summed E-state index contributed by atoms with van der Waals surface area (Å²) in [5.74, 6) is -1.96. The molecule has 0 aliphatic rings. The minimum Gasteiger partial charge on any atom is -0.478 e. The summed E-state index contributed by atoms with van der Waals surface area (Å²) in [6, 6.07) is 6.33. The molecule has 0 saturated carbocycles. The fourth-order valence-electron chi connectivity index (χ4n) is 3.09. The SMILES string of the molecule is Cc1nn(CC(F)(F)F)c(C)c1C(C)C(=O)NCCc1ccc(C(=O)O)cc1. The van der Waals surface area contributed by atoms with Crippen molar-refractivity contribution in [3.05, 3.63) is 52.3 Å². The zero-order valence-corrected chi connectivity index (χ0v) is 15.8. The van der Waals surface area contributed by atoms with E-state index in [2.05, 4.69) is 10.4 Å². The molecular formula is C19H22F3N3O3. The van der Waals surface area contributed by atoms with E-state index in [1.807, 2.05) is 0 Å². The van der Waals surface area contributed by atoms with Gasteiger partial charge >= 0.3 is 12.1 Å². The Morgan fingerprint density at radius 3 is 2.36 bits per heavy atom. The Bertz CT molecular complexity index is 858. The van der Waals surface area contributed by atoms with Crippen LogP contribution in [0.25, 0.3) is 0 Å². The van der Waals surface area contributed by atoms with Crippen molar-refractivity contribution in [3.8, 4) is 0 Å². The number of amides is 1. The molecule has 28 heavy (non-hydrogen) atoms. The predicted molar refractivity (Wildman–Crippen MR) is 96.3 cm³/mol. The van der Waals surface area contributed by atoms with E-state index < -0.39 is 24.6 Å². The van der Waals surface area contributed by atoms with E-state index in [-0.39, 0.29) is 11.5 Å². The van der Waals surface area contributed by atoms with Crippen molar-refractivity contribution < 1.29 is 27.9 Å². The molecule has 0 saturated heterocycles.